The summed E-state index contributed by atoms with van der Waals surface area (Å²) < 4.78 is 12.4. The summed E-state index contributed by atoms with van der Waals surface area (Å²) in [4.78, 5) is 0. The highest BCUT2D eigenvalue weighted by Crippen LogP contribution is 2.42. The molecule has 0 amide bonds. The first-order valence-corrected chi connectivity index (χ1v) is 7.70. The molecule has 0 saturated carbocycles. The van der Waals surface area contributed by atoms with Crippen molar-refractivity contribution in [3.05, 3.63) is 70.8 Å². The summed E-state index contributed by atoms with van der Waals surface area (Å²) in [5.74, 6) is -0.419. The molecule has 0 aliphatic carbocycles. The summed E-state index contributed by atoms with van der Waals surface area (Å²) in [6.07, 6.45) is -0.0902. The van der Waals surface area contributed by atoms with Crippen LogP contribution in [-0.4, -0.2) is 18.6 Å². The lowest BCUT2D eigenvalue weighted by Gasteiger charge is -2.30. The zero-order chi connectivity index (χ0) is 14.9. The van der Waals surface area contributed by atoms with Gasteiger partial charge in [-0.2, -0.15) is 0 Å². The third-order valence-electron chi connectivity index (χ3n) is 3.87. The van der Waals surface area contributed by atoms with E-state index in [0.717, 1.165) is 16.7 Å². The van der Waals surface area contributed by atoms with E-state index >= 15 is 0 Å². The second-order valence-electron chi connectivity index (χ2n) is 5.51. The van der Waals surface area contributed by atoms with Gasteiger partial charge in [0.25, 0.3) is 0 Å². The number of hydrogen-bond acceptors (Lipinski definition) is 2. The quantitative estimate of drug-likeness (QED) is 0.793. The van der Waals surface area contributed by atoms with E-state index in [9.17, 15) is 0 Å². The van der Waals surface area contributed by atoms with E-state index in [1.165, 1.54) is 5.56 Å². The highest BCUT2D eigenvalue weighted by molar-refractivity contribution is 6.18. The third kappa shape index (κ3) is 2.59. The van der Waals surface area contributed by atoms with E-state index in [0.29, 0.717) is 12.5 Å². The van der Waals surface area contributed by atoms with Crippen LogP contribution >= 0.6 is 11.6 Å². The lowest BCUT2D eigenvalue weighted by atomic mass is 9.92. The minimum absolute atomic E-state index is 0.0902. The minimum atomic E-state index is -0.849. The maximum Gasteiger partial charge on any atom is 0.223 e. The predicted octanol–water partition coefficient (Wildman–Crippen LogP) is 4.16. The van der Waals surface area contributed by atoms with Crippen molar-refractivity contribution in [2.45, 2.75) is 25.7 Å². The molecule has 1 saturated heterocycles. The Morgan fingerprint density at radius 2 is 1.90 bits per heavy atom. The molecule has 110 valence electrons. The van der Waals surface area contributed by atoms with Gasteiger partial charge in [-0.1, -0.05) is 54.1 Å². The lowest BCUT2D eigenvalue weighted by molar-refractivity contribution is -0.140. The van der Waals surface area contributed by atoms with E-state index < -0.39 is 5.79 Å². The first-order valence-electron chi connectivity index (χ1n) is 7.17. The van der Waals surface area contributed by atoms with Crippen LogP contribution in [0.5, 0.6) is 0 Å². The number of hydrogen-bond donors (Lipinski definition) is 0. The molecule has 2 aromatic rings. The van der Waals surface area contributed by atoms with Gasteiger partial charge in [0.1, 0.15) is 0 Å². The summed E-state index contributed by atoms with van der Waals surface area (Å²) in [5, 5.41) is 0. The fourth-order valence-electron chi connectivity index (χ4n) is 2.88. The van der Waals surface area contributed by atoms with E-state index in [1.54, 1.807) is 0 Å². The second kappa shape index (κ2) is 5.80. The van der Waals surface area contributed by atoms with Gasteiger partial charge in [0.2, 0.25) is 5.79 Å². The van der Waals surface area contributed by atoms with Crippen molar-refractivity contribution in [2.75, 3.05) is 12.5 Å². The largest absolute Gasteiger partial charge is 0.339 e. The average Bonchev–Trinajstić information content (AvgIpc) is 2.93. The van der Waals surface area contributed by atoms with E-state index in [4.69, 9.17) is 21.1 Å². The van der Waals surface area contributed by atoms with Crippen molar-refractivity contribution < 1.29 is 9.47 Å². The molecule has 2 atom stereocenters. The van der Waals surface area contributed by atoms with Crippen LogP contribution in [0.3, 0.4) is 0 Å². The molecule has 0 spiro atoms. The Balaban J connectivity index is 2.13. The van der Waals surface area contributed by atoms with Crippen LogP contribution in [0.4, 0.5) is 0 Å². The highest BCUT2D eigenvalue weighted by Gasteiger charge is 2.45. The summed E-state index contributed by atoms with van der Waals surface area (Å²) in [6, 6.07) is 16.4. The molecule has 3 heteroatoms. The van der Waals surface area contributed by atoms with Crippen LogP contribution in [0, 0.1) is 13.8 Å². The monoisotopic (exact) mass is 302 g/mol. The van der Waals surface area contributed by atoms with Crippen LogP contribution < -0.4 is 0 Å². The van der Waals surface area contributed by atoms with Gasteiger partial charge in [0.15, 0.2) is 0 Å². The van der Waals surface area contributed by atoms with Crippen molar-refractivity contribution in [3.8, 4) is 0 Å². The zero-order valence-electron chi connectivity index (χ0n) is 12.3. The fraction of sp³-hybridized carbons (Fsp3) is 0.333. The summed E-state index contributed by atoms with van der Waals surface area (Å²) >= 11 is 5.97. The number of ether oxygens (including phenoxy) is 2. The molecule has 1 heterocycles. The van der Waals surface area contributed by atoms with Gasteiger partial charge in [-0.25, -0.2) is 0 Å². The Morgan fingerprint density at radius 3 is 2.52 bits per heavy atom. The topological polar surface area (TPSA) is 18.5 Å². The molecular formula is C18H19ClO2. The Hall–Kier alpha value is -1.35. The van der Waals surface area contributed by atoms with Crippen LogP contribution in [0.15, 0.2) is 48.5 Å². The molecule has 21 heavy (non-hydrogen) atoms. The molecule has 0 radical (unpaired) electrons. The number of aryl methyl sites for hydroxylation is 2. The smallest absolute Gasteiger partial charge is 0.223 e. The molecule has 0 aromatic heterocycles. The van der Waals surface area contributed by atoms with E-state index in [2.05, 4.69) is 32.0 Å². The Labute approximate surface area is 130 Å². The molecular weight excluding hydrogens is 284 g/mol. The summed E-state index contributed by atoms with van der Waals surface area (Å²) in [5.41, 5.74) is 4.44. The maximum absolute atomic E-state index is 6.24. The summed E-state index contributed by atoms with van der Waals surface area (Å²) in [6.45, 7) is 4.68. The first-order chi connectivity index (χ1) is 10.2. The standard InChI is InChI=1S/C18H19ClO2/c1-13-8-9-17(14(2)10-13)18(15-6-4-3-5-7-15)20-12-16(11-19)21-18/h3-10,16H,11-12H2,1-2H3. The van der Waals surface area contributed by atoms with Crippen LogP contribution in [0.2, 0.25) is 0 Å². The molecule has 1 fully saturated rings. The van der Waals surface area contributed by atoms with Gasteiger partial charge < -0.3 is 9.47 Å². The molecule has 0 bridgehead atoms. The zero-order valence-corrected chi connectivity index (χ0v) is 13.1. The predicted molar refractivity (Wildman–Crippen MR) is 84.7 cm³/mol. The number of alkyl halides is 1. The van der Waals surface area contributed by atoms with Gasteiger partial charge in [-0.3, -0.25) is 0 Å². The maximum atomic E-state index is 6.24. The SMILES string of the molecule is Cc1ccc(C2(c3ccccc3)OCC(CCl)O2)c(C)c1. The molecule has 1 aliphatic heterocycles. The Kier molecular flexibility index (Phi) is 4.03. The summed E-state index contributed by atoms with van der Waals surface area (Å²) in [7, 11) is 0. The molecule has 1 aliphatic rings. The van der Waals surface area contributed by atoms with Crippen molar-refractivity contribution in [1.29, 1.82) is 0 Å². The van der Waals surface area contributed by atoms with Gasteiger partial charge in [0.05, 0.1) is 18.6 Å². The molecule has 0 N–H and O–H groups in total. The second-order valence-corrected chi connectivity index (χ2v) is 5.81. The Morgan fingerprint density at radius 1 is 1.14 bits per heavy atom. The number of halogens is 1. The molecule has 2 unspecified atom stereocenters. The Bertz CT molecular complexity index is 626. The third-order valence-corrected chi connectivity index (χ3v) is 4.21. The van der Waals surface area contributed by atoms with Crippen LogP contribution in [-0.2, 0) is 15.3 Å². The number of rotatable bonds is 3. The van der Waals surface area contributed by atoms with Crippen molar-refractivity contribution >= 4 is 11.6 Å². The van der Waals surface area contributed by atoms with E-state index in [1.807, 2.05) is 30.3 Å². The van der Waals surface area contributed by atoms with Crippen LogP contribution in [0.1, 0.15) is 22.3 Å². The highest BCUT2D eigenvalue weighted by atomic mass is 35.5. The van der Waals surface area contributed by atoms with Gasteiger partial charge in [-0.05, 0) is 19.4 Å². The van der Waals surface area contributed by atoms with Crippen molar-refractivity contribution in [3.63, 3.8) is 0 Å². The van der Waals surface area contributed by atoms with E-state index in [-0.39, 0.29) is 6.10 Å². The van der Waals surface area contributed by atoms with Crippen molar-refractivity contribution in [2.24, 2.45) is 0 Å². The van der Waals surface area contributed by atoms with Crippen molar-refractivity contribution in [1.82, 2.24) is 0 Å². The lowest BCUT2D eigenvalue weighted by Crippen LogP contribution is -2.31. The fourth-order valence-corrected chi connectivity index (χ4v) is 3.03. The molecule has 3 rings (SSSR count). The normalized spacial score (nSPS) is 25.2. The molecule has 2 nitrogen and oxygen atoms in total. The van der Waals surface area contributed by atoms with Crippen LogP contribution in [0.25, 0.3) is 0 Å². The van der Waals surface area contributed by atoms with Gasteiger partial charge >= 0.3 is 0 Å². The average molecular weight is 303 g/mol. The van der Waals surface area contributed by atoms with Gasteiger partial charge in [-0.15, -0.1) is 11.6 Å². The number of benzene rings is 2. The first kappa shape index (κ1) is 14.6. The molecule has 2 aromatic carbocycles. The minimum Gasteiger partial charge on any atom is -0.339 e. The van der Waals surface area contributed by atoms with Gasteiger partial charge in [0, 0.05) is 11.1 Å².